The van der Waals surface area contributed by atoms with Gasteiger partial charge in [-0.15, -0.1) is 0 Å². The Morgan fingerprint density at radius 1 is 1.18 bits per heavy atom. The zero-order valence-electron chi connectivity index (χ0n) is 16.3. The summed E-state index contributed by atoms with van der Waals surface area (Å²) in [6.45, 7) is 2.12. The highest BCUT2D eigenvalue weighted by Crippen LogP contribution is 2.37. The first kappa shape index (κ1) is 21.2. The van der Waals surface area contributed by atoms with Gasteiger partial charge in [-0.05, 0) is 68.5 Å². The highest BCUT2D eigenvalue weighted by atomic mass is 79.9. The van der Waals surface area contributed by atoms with E-state index in [0.717, 1.165) is 46.6 Å². The lowest BCUT2D eigenvalue weighted by Gasteiger charge is -2.18. The zero-order chi connectivity index (χ0) is 19.8. The zero-order valence-corrected chi connectivity index (χ0v) is 18.6. The van der Waals surface area contributed by atoms with Crippen LogP contribution < -0.4 is 14.8 Å². The molecule has 0 aliphatic heterocycles. The Morgan fingerprint density at radius 2 is 2.07 bits per heavy atom. The smallest absolute Gasteiger partial charge is 0.167 e. The fourth-order valence-electron chi connectivity index (χ4n) is 3.44. The van der Waals surface area contributed by atoms with Crippen molar-refractivity contribution >= 4 is 27.5 Å². The first-order valence-electron chi connectivity index (χ1n) is 9.78. The monoisotopic (exact) mass is 463 g/mol. The van der Waals surface area contributed by atoms with Gasteiger partial charge in [0.25, 0.3) is 0 Å². The summed E-state index contributed by atoms with van der Waals surface area (Å²) in [6, 6.07) is 11.6. The summed E-state index contributed by atoms with van der Waals surface area (Å²) in [6.07, 6.45) is 8.67. The molecule has 0 bridgehead atoms. The lowest BCUT2D eigenvalue weighted by atomic mass is 9.97. The van der Waals surface area contributed by atoms with E-state index in [9.17, 15) is 0 Å². The summed E-state index contributed by atoms with van der Waals surface area (Å²) in [4.78, 5) is 0. The van der Waals surface area contributed by atoms with Crippen LogP contribution in [0, 0.1) is 0 Å². The van der Waals surface area contributed by atoms with E-state index >= 15 is 0 Å². The van der Waals surface area contributed by atoms with Crippen LogP contribution in [-0.2, 0) is 13.2 Å². The van der Waals surface area contributed by atoms with E-state index in [4.69, 9.17) is 21.1 Å². The van der Waals surface area contributed by atoms with Crippen LogP contribution in [0.25, 0.3) is 0 Å². The van der Waals surface area contributed by atoms with Crippen molar-refractivity contribution in [3.63, 3.8) is 0 Å². The van der Waals surface area contributed by atoms with Gasteiger partial charge in [0.2, 0.25) is 0 Å². The number of hydrogen-bond acceptors (Lipinski definition) is 3. The normalized spacial score (nSPS) is 13.9. The Hall–Kier alpha value is -1.49. The molecule has 1 N–H and O–H groups in total. The predicted octanol–water partition coefficient (Wildman–Crippen LogP) is 6.67. The van der Waals surface area contributed by atoms with Gasteiger partial charge in [-0.2, -0.15) is 0 Å². The maximum atomic E-state index is 6.16. The highest BCUT2D eigenvalue weighted by Gasteiger charge is 2.15. The molecule has 28 heavy (non-hydrogen) atoms. The second-order valence-corrected chi connectivity index (χ2v) is 8.30. The number of hydrogen-bond donors (Lipinski definition) is 1. The number of ether oxygens (including phenoxy) is 2. The number of benzene rings is 2. The first-order valence-corrected chi connectivity index (χ1v) is 11.0. The van der Waals surface area contributed by atoms with Gasteiger partial charge in [-0.1, -0.05) is 51.3 Å². The van der Waals surface area contributed by atoms with Crippen LogP contribution in [0.1, 0.15) is 43.2 Å². The molecule has 3 rings (SSSR count). The minimum Gasteiger partial charge on any atom is -0.493 e. The minimum atomic E-state index is 0.438. The van der Waals surface area contributed by atoms with Crippen LogP contribution in [-0.4, -0.2) is 13.7 Å². The minimum absolute atomic E-state index is 0.438. The topological polar surface area (TPSA) is 30.5 Å². The van der Waals surface area contributed by atoms with Crippen LogP contribution >= 0.6 is 27.5 Å². The molecule has 0 fully saturated rings. The van der Waals surface area contributed by atoms with Crippen LogP contribution in [0.3, 0.4) is 0 Å². The van der Waals surface area contributed by atoms with E-state index in [1.165, 1.54) is 25.7 Å². The first-order chi connectivity index (χ1) is 13.7. The second kappa shape index (κ2) is 10.9. The number of rotatable bonds is 9. The Labute approximate surface area is 181 Å². The molecule has 2 aromatic rings. The molecule has 1 aliphatic carbocycles. The van der Waals surface area contributed by atoms with Crippen molar-refractivity contribution in [3.8, 4) is 11.5 Å². The molecule has 0 saturated heterocycles. The average molecular weight is 465 g/mol. The lowest BCUT2D eigenvalue weighted by Crippen LogP contribution is -2.17. The fourth-order valence-corrected chi connectivity index (χ4v) is 4.11. The van der Waals surface area contributed by atoms with Crippen LogP contribution in [0.2, 0.25) is 5.02 Å². The molecule has 0 saturated carbocycles. The number of halogens is 2. The van der Waals surface area contributed by atoms with Gasteiger partial charge in [-0.3, -0.25) is 0 Å². The highest BCUT2D eigenvalue weighted by molar-refractivity contribution is 9.10. The Bertz CT molecular complexity index is 822. The Morgan fingerprint density at radius 3 is 2.82 bits per heavy atom. The lowest BCUT2D eigenvalue weighted by molar-refractivity contribution is 0.280. The van der Waals surface area contributed by atoms with Crippen molar-refractivity contribution in [2.75, 3.05) is 13.7 Å². The standard InChI is InChI=1S/C23H27BrClNO2/c1-27-22-11-10-21(24)20(15-26-13-12-17-6-3-2-4-7-17)23(22)28-16-18-8-5-9-19(25)14-18/h5-6,8-11,14,26H,2-4,7,12-13,15-16H2,1H3. The molecule has 0 radical (unpaired) electrons. The van der Waals surface area contributed by atoms with Crippen molar-refractivity contribution in [3.05, 3.63) is 68.7 Å². The van der Waals surface area contributed by atoms with Crippen molar-refractivity contribution < 1.29 is 9.47 Å². The van der Waals surface area contributed by atoms with E-state index < -0.39 is 0 Å². The van der Waals surface area contributed by atoms with Crippen molar-refractivity contribution in [2.45, 2.75) is 45.3 Å². The third-order valence-corrected chi connectivity index (χ3v) is 5.95. The molecule has 1 aliphatic rings. The Balaban J connectivity index is 1.66. The number of nitrogens with one attached hydrogen (secondary N) is 1. The molecule has 0 heterocycles. The van der Waals surface area contributed by atoms with Gasteiger partial charge in [0.15, 0.2) is 11.5 Å². The van der Waals surface area contributed by atoms with E-state index in [-0.39, 0.29) is 0 Å². The van der Waals surface area contributed by atoms with Crippen molar-refractivity contribution in [1.82, 2.24) is 5.32 Å². The quantitative estimate of drug-likeness (QED) is 0.332. The maximum Gasteiger partial charge on any atom is 0.167 e. The van der Waals surface area contributed by atoms with Gasteiger partial charge in [-0.25, -0.2) is 0 Å². The number of methoxy groups -OCH3 is 1. The molecule has 150 valence electrons. The second-order valence-electron chi connectivity index (χ2n) is 7.01. The summed E-state index contributed by atoms with van der Waals surface area (Å²) in [5, 5.41) is 4.27. The third-order valence-electron chi connectivity index (χ3n) is 4.97. The number of allylic oxidation sites excluding steroid dienone is 1. The Kier molecular flexibility index (Phi) is 8.26. The molecular formula is C23H27BrClNO2. The molecule has 0 aromatic heterocycles. The van der Waals surface area contributed by atoms with Gasteiger partial charge in [0, 0.05) is 21.6 Å². The summed E-state index contributed by atoms with van der Waals surface area (Å²) in [7, 11) is 1.67. The van der Waals surface area contributed by atoms with Crippen molar-refractivity contribution in [2.24, 2.45) is 0 Å². The molecular weight excluding hydrogens is 438 g/mol. The molecule has 3 nitrogen and oxygen atoms in total. The van der Waals surface area contributed by atoms with E-state index in [2.05, 4.69) is 27.3 Å². The van der Waals surface area contributed by atoms with Gasteiger partial charge in [0.05, 0.1) is 7.11 Å². The van der Waals surface area contributed by atoms with E-state index in [1.54, 1.807) is 12.7 Å². The molecule has 5 heteroatoms. The predicted molar refractivity (Wildman–Crippen MR) is 119 cm³/mol. The summed E-state index contributed by atoms with van der Waals surface area (Å²) < 4.78 is 12.7. The van der Waals surface area contributed by atoms with Crippen LogP contribution in [0.15, 0.2) is 52.5 Å². The fraction of sp³-hybridized carbons (Fsp3) is 0.391. The average Bonchev–Trinajstić information content (AvgIpc) is 2.71. The van der Waals surface area contributed by atoms with E-state index in [0.29, 0.717) is 11.6 Å². The molecule has 0 atom stereocenters. The van der Waals surface area contributed by atoms with Gasteiger partial charge in [0.1, 0.15) is 6.61 Å². The maximum absolute atomic E-state index is 6.16. The third kappa shape index (κ3) is 6.00. The molecule has 0 spiro atoms. The summed E-state index contributed by atoms with van der Waals surface area (Å²) in [5.41, 5.74) is 3.68. The molecule has 2 aromatic carbocycles. The summed E-state index contributed by atoms with van der Waals surface area (Å²) in [5.74, 6) is 1.50. The molecule has 0 amide bonds. The SMILES string of the molecule is COc1ccc(Br)c(CNCCC2=CCCCC2)c1OCc1cccc(Cl)c1. The van der Waals surface area contributed by atoms with E-state index in [1.807, 2.05) is 36.4 Å². The molecule has 0 unspecified atom stereocenters. The van der Waals surface area contributed by atoms with Crippen LogP contribution in [0.5, 0.6) is 11.5 Å². The largest absolute Gasteiger partial charge is 0.493 e. The van der Waals surface area contributed by atoms with Crippen LogP contribution in [0.4, 0.5) is 0 Å². The van der Waals surface area contributed by atoms with Gasteiger partial charge < -0.3 is 14.8 Å². The summed E-state index contributed by atoms with van der Waals surface area (Å²) >= 11 is 9.76. The van der Waals surface area contributed by atoms with Gasteiger partial charge >= 0.3 is 0 Å². The van der Waals surface area contributed by atoms with Crippen molar-refractivity contribution in [1.29, 1.82) is 0 Å².